The van der Waals surface area contributed by atoms with Crippen LogP contribution in [0.2, 0.25) is 0 Å². The molecule has 0 spiro atoms. The molecule has 2 saturated carbocycles. The Bertz CT molecular complexity index is 352. The smallest absolute Gasteiger partial charge is 0.215 e. The van der Waals surface area contributed by atoms with Crippen molar-refractivity contribution in [2.24, 2.45) is 5.92 Å². The summed E-state index contributed by atoms with van der Waals surface area (Å²) in [6, 6.07) is 0.734. The van der Waals surface area contributed by atoms with Crippen LogP contribution in [-0.4, -0.2) is 32.3 Å². The highest BCUT2D eigenvalue weighted by molar-refractivity contribution is 7.90. The van der Waals surface area contributed by atoms with E-state index >= 15 is 0 Å². The molecule has 2 N–H and O–H groups in total. The number of sulfonamides is 1. The van der Waals surface area contributed by atoms with Crippen LogP contribution in [0.3, 0.4) is 0 Å². The first-order chi connectivity index (χ1) is 7.97. The largest absolute Gasteiger partial charge is 0.313 e. The van der Waals surface area contributed by atoms with Gasteiger partial charge in [-0.05, 0) is 44.9 Å². The Kier molecular flexibility index (Phi) is 4.10. The summed E-state index contributed by atoms with van der Waals surface area (Å²) in [4.78, 5) is 0. The lowest BCUT2D eigenvalue weighted by molar-refractivity contribution is 0.524. The van der Waals surface area contributed by atoms with Gasteiger partial charge < -0.3 is 5.32 Å². The van der Waals surface area contributed by atoms with Gasteiger partial charge in [-0.1, -0.05) is 6.92 Å². The van der Waals surface area contributed by atoms with E-state index in [0.717, 1.165) is 19.3 Å². The van der Waals surface area contributed by atoms with Crippen molar-refractivity contribution < 1.29 is 8.42 Å². The highest BCUT2D eigenvalue weighted by Gasteiger charge is 2.30. The lowest BCUT2D eigenvalue weighted by atomic mass is 10.1. The van der Waals surface area contributed by atoms with Crippen molar-refractivity contribution in [2.75, 3.05) is 6.54 Å². The van der Waals surface area contributed by atoms with Gasteiger partial charge in [0.2, 0.25) is 10.0 Å². The number of hydrogen-bond donors (Lipinski definition) is 2. The van der Waals surface area contributed by atoms with Crippen molar-refractivity contribution in [3.8, 4) is 0 Å². The SMILES string of the molecule is CC1CCC(NS(=O)(=O)C(C)CNC2CC2)C1. The lowest BCUT2D eigenvalue weighted by Gasteiger charge is -2.18. The van der Waals surface area contributed by atoms with E-state index in [0.29, 0.717) is 18.5 Å². The Balaban J connectivity index is 1.79. The first kappa shape index (κ1) is 13.3. The molecule has 2 rings (SSSR count). The zero-order chi connectivity index (χ0) is 12.5. The summed E-state index contributed by atoms with van der Waals surface area (Å²) in [6.07, 6.45) is 5.51. The van der Waals surface area contributed by atoms with Crippen LogP contribution in [-0.2, 0) is 10.0 Å². The van der Waals surface area contributed by atoms with Gasteiger partial charge in [0.05, 0.1) is 5.25 Å². The molecule has 17 heavy (non-hydrogen) atoms. The lowest BCUT2D eigenvalue weighted by Crippen LogP contribution is -2.43. The van der Waals surface area contributed by atoms with Crippen LogP contribution in [0.5, 0.6) is 0 Å². The van der Waals surface area contributed by atoms with Crippen molar-refractivity contribution >= 4 is 10.0 Å². The molecule has 4 nitrogen and oxygen atoms in total. The second kappa shape index (κ2) is 5.24. The Morgan fingerprint density at radius 3 is 2.35 bits per heavy atom. The van der Waals surface area contributed by atoms with Crippen LogP contribution in [0.4, 0.5) is 0 Å². The van der Waals surface area contributed by atoms with Crippen molar-refractivity contribution in [3.63, 3.8) is 0 Å². The highest BCUT2D eigenvalue weighted by Crippen LogP contribution is 2.25. The van der Waals surface area contributed by atoms with Crippen LogP contribution in [0.25, 0.3) is 0 Å². The normalized spacial score (nSPS) is 31.6. The van der Waals surface area contributed by atoms with Crippen molar-refractivity contribution in [3.05, 3.63) is 0 Å². The molecule has 2 aliphatic rings. The van der Waals surface area contributed by atoms with Crippen LogP contribution in [0, 0.1) is 5.92 Å². The van der Waals surface area contributed by atoms with E-state index in [2.05, 4.69) is 17.0 Å². The van der Waals surface area contributed by atoms with Gasteiger partial charge in [0.25, 0.3) is 0 Å². The minimum Gasteiger partial charge on any atom is -0.313 e. The van der Waals surface area contributed by atoms with Crippen molar-refractivity contribution in [1.82, 2.24) is 10.0 Å². The molecule has 100 valence electrons. The molecule has 0 saturated heterocycles. The molecule has 3 atom stereocenters. The van der Waals surface area contributed by atoms with E-state index in [-0.39, 0.29) is 11.3 Å². The molecule has 5 heteroatoms. The molecule has 2 fully saturated rings. The van der Waals surface area contributed by atoms with E-state index in [1.807, 2.05) is 0 Å². The molecule has 0 aromatic rings. The summed E-state index contributed by atoms with van der Waals surface area (Å²) < 4.78 is 27.0. The minimum atomic E-state index is -3.15. The average molecular weight is 260 g/mol. The number of nitrogens with one attached hydrogen (secondary N) is 2. The number of hydrogen-bond acceptors (Lipinski definition) is 3. The van der Waals surface area contributed by atoms with Gasteiger partial charge in [-0.3, -0.25) is 0 Å². The molecule has 0 aromatic heterocycles. The van der Waals surface area contributed by atoms with Crippen molar-refractivity contribution in [2.45, 2.75) is 63.3 Å². The average Bonchev–Trinajstić information content (AvgIpc) is 2.99. The molecular weight excluding hydrogens is 236 g/mol. The zero-order valence-electron chi connectivity index (χ0n) is 10.8. The molecule has 0 aromatic carbocycles. The molecule has 0 heterocycles. The van der Waals surface area contributed by atoms with Gasteiger partial charge in [0.15, 0.2) is 0 Å². The molecular formula is C12H24N2O2S. The van der Waals surface area contributed by atoms with Crippen LogP contribution in [0.1, 0.15) is 46.0 Å². The van der Waals surface area contributed by atoms with Crippen LogP contribution in [0.15, 0.2) is 0 Å². The quantitative estimate of drug-likeness (QED) is 0.755. The van der Waals surface area contributed by atoms with Gasteiger partial charge in [-0.15, -0.1) is 0 Å². The molecule has 2 aliphatic carbocycles. The Morgan fingerprint density at radius 1 is 1.18 bits per heavy atom. The van der Waals surface area contributed by atoms with E-state index < -0.39 is 10.0 Å². The van der Waals surface area contributed by atoms with E-state index in [1.54, 1.807) is 6.92 Å². The van der Waals surface area contributed by atoms with Crippen molar-refractivity contribution in [1.29, 1.82) is 0 Å². The zero-order valence-corrected chi connectivity index (χ0v) is 11.6. The van der Waals surface area contributed by atoms with Crippen LogP contribution < -0.4 is 10.0 Å². The molecule has 0 bridgehead atoms. The molecule has 3 unspecified atom stereocenters. The fourth-order valence-corrected chi connectivity index (χ4v) is 3.62. The monoisotopic (exact) mass is 260 g/mol. The maximum absolute atomic E-state index is 12.1. The van der Waals surface area contributed by atoms with Gasteiger partial charge >= 0.3 is 0 Å². The fraction of sp³-hybridized carbons (Fsp3) is 1.00. The third-order valence-electron chi connectivity index (χ3n) is 3.83. The third-order valence-corrected chi connectivity index (χ3v) is 5.71. The van der Waals surface area contributed by atoms with E-state index in [9.17, 15) is 8.42 Å². The predicted octanol–water partition coefficient (Wildman–Crippen LogP) is 1.23. The number of rotatable bonds is 6. The standard InChI is InChI=1S/C12H24N2O2S/c1-9-3-4-12(7-9)14-17(15,16)10(2)8-13-11-5-6-11/h9-14H,3-8H2,1-2H3. The maximum Gasteiger partial charge on any atom is 0.215 e. The molecule has 0 amide bonds. The second-order valence-corrected chi connectivity index (χ2v) is 7.90. The van der Waals surface area contributed by atoms with Gasteiger partial charge in [0.1, 0.15) is 0 Å². The minimum absolute atomic E-state index is 0.165. The topological polar surface area (TPSA) is 58.2 Å². The first-order valence-electron chi connectivity index (χ1n) is 6.72. The van der Waals surface area contributed by atoms with E-state index in [4.69, 9.17) is 0 Å². The molecule has 0 aliphatic heterocycles. The van der Waals surface area contributed by atoms with Gasteiger partial charge in [0, 0.05) is 18.6 Å². The first-order valence-corrected chi connectivity index (χ1v) is 8.26. The summed E-state index contributed by atoms with van der Waals surface area (Å²) in [5.74, 6) is 0.655. The van der Waals surface area contributed by atoms with Gasteiger partial charge in [-0.25, -0.2) is 13.1 Å². The fourth-order valence-electron chi connectivity index (χ4n) is 2.39. The Morgan fingerprint density at radius 2 is 1.82 bits per heavy atom. The predicted molar refractivity (Wildman–Crippen MR) is 69.3 cm³/mol. The molecule has 0 radical (unpaired) electrons. The third kappa shape index (κ3) is 3.93. The maximum atomic E-state index is 12.1. The second-order valence-electron chi connectivity index (χ2n) is 5.77. The van der Waals surface area contributed by atoms with Gasteiger partial charge in [-0.2, -0.15) is 0 Å². The summed E-state index contributed by atoms with van der Waals surface area (Å²) in [5.41, 5.74) is 0. The Labute approximate surface area is 105 Å². The summed E-state index contributed by atoms with van der Waals surface area (Å²) >= 11 is 0. The summed E-state index contributed by atoms with van der Waals surface area (Å²) in [5, 5.41) is 2.94. The van der Waals surface area contributed by atoms with Crippen LogP contribution >= 0.6 is 0 Å². The van der Waals surface area contributed by atoms with E-state index in [1.165, 1.54) is 12.8 Å². The highest BCUT2D eigenvalue weighted by atomic mass is 32.2. The Hall–Kier alpha value is -0.130. The summed E-state index contributed by atoms with van der Waals surface area (Å²) in [6.45, 7) is 4.55. The summed E-state index contributed by atoms with van der Waals surface area (Å²) in [7, 11) is -3.15.